The van der Waals surface area contributed by atoms with Crippen molar-refractivity contribution < 1.29 is 4.74 Å². The highest BCUT2D eigenvalue weighted by atomic mass is 16.5. The van der Waals surface area contributed by atoms with Crippen LogP contribution in [0.4, 0.5) is 0 Å². The molecule has 0 atom stereocenters. The highest BCUT2D eigenvalue weighted by Gasteiger charge is 2.16. The predicted octanol–water partition coefficient (Wildman–Crippen LogP) is 3.30. The van der Waals surface area contributed by atoms with E-state index in [1.165, 1.54) is 19.3 Å². The number of rotatable bonds is 6. The number of hydrogen-bond donors (Lipinski definition) is 0. The first-order valence-corrected chi connectivity index (χ1v) is 7.96. The Labute approximate surface area is 124 Å². The maximum Gasteiger partial charge on any atom is 0.261 e. The molecule has 3 rings (SSSR count). The molecule has 0 aliphatic carbocycles. The predicted molar refractivity (Wildman–Crippen MR) is 84.0 cm³/mol. The van der Waals surface area contributed by atoms with Crippen LogP contribution in [0.25, 0.3) is 10.9 Å². The Morgan fingerprint density at radius 3 is 3.05 bits per heavy atom. The van der Waals surface area contributed by atoms with Crippen molar-refractivity contribution in [3.8, 4) is 5.75 Å². The standard InChI is InChI=1S/C17H22N2O2/c1-2-3-4-5-11-21-13-8-9-15-14(12-13)17(20)19-10-6-7-16(19)18-15/h8-9,12H,2-7,10-11H2,1H3. The lowest BCUT2D eigenvalue weighted by Gasteiger charge is -2.08. The summed E-state index contributed by atoms with van der Waals surface area (Å²) in [4.78, 5) is 17.0. The van der Waals surface area contributed by atoms with Gasteiger partial charge in [0.25, 0.3) is 5.56 Å². The Kier molecular flexibility index (Phi) is 4.23. The first-order valence-electron chi connectivity index (χ1n) is 7.96. The number of ether oxygens (including phenoxy) is 1. The minimum atomic E-state index is 0.0731. The maximum atomic E-state index is 12.5. The van der Waals surface area contributed by atoms with Gasteiger partial charge in [-0.2, -0.15) is 0 Å². The molecule has 0 unspecified atom stereocenters. The van der Waals surface area contributed by atoms with Crippen molar-refractivity contribution in [2.24, 2.45) is 0 Å². The fraction of sp³-hybridized carbons (Fsp3) is 0.529. The lowest BCUT2D eigenvalue weighted by atomic mass is 10.2. The van der Waals surface area contributed by atoms with Crippen molar-refractivity contribution >= 4 is 10.9 Å². The molecule has 0 saturated heterocycles. The number of aryl methyl sites for hydroxylation is 1. The molecule has 0 fully saturated rings. The third-order valence-electron chi connectivity index (χ3n) is 4.05. The van der Waals surface area contributed by atoms with Gasteiger partial charge >= 0.3 is 0 Å². The van der Waals surface area contributed by atoms with Crippen LogP contribution in [-0.4, -0.2) is 16.2 Å². The molecule has 1 aliphatic rings. The molecule has 1 aliphatic heterocycles. The highest BCUT2D eigenvalue weighted by molar-refractivity contribution is 5.79. The molecule has 21 heavy (non-hydrogen) atoms. The maximum absolute atomic E-state index is 12.5. The summed E-state index contributed by atoms with van der Waals surface area (Å²) in [6.07, 6.45) is 6.65. The van der Waals surface area contributed by atoms with Crippen LogP contribution in [0.15, 0.2) is 23.0 Å². The zero-order valence-corrected chi connectivity index (χ0v) is 12.6. The third kappa shape index (κ3) is 2.94. The average Bonchev–Trinajstić information content (AvgIpc) is 2.96. The van der Waals surface area contributed by atoms with Gasteiger partial charge in [0.1, 0.15) is 11.6 Å². The Morgan fingerprint density at radius 1 is 1.29 bits per heavy atom. The van der Waals surface area contributed by atoms with Crippen molar-refractivity contribution in [2.45, 2.75) is 52.0 Å². The van der Waals surface area contributed by atoms with E-state index in [1.54, 1.807) is 4.57 Å². The first-order chi connectivity index (χ1) is 10.3. The van der Waals surface area contributed by atoms with E-state index in [0.29, 0.717) is 12.0 Å². The molecule has 4 nitrogen and oxygen atoms in total. The van der Waals surface area contributed by atoms with Gasteiger partial charge in [0, 0.05) is 13.0 Å². The van der Waals surface area contributed by atoms with Crippen LogP contribution in [0, 0.1) is 0 Å². The largest absolute Gasteiger partial charge is 0.494 e. The smallest absolute Gasteiger partial charge is 0.261 e. The Morgan fingerprint density at radius 2 is 2.19 bits per heavy atom. The summed E-state index contributed by atoms with van der Waals surface area (Å²) in [6.45, 7) is 3.70. The van der Waals surface area contributed by atoms with Crippen LogP contribution in [0.1, 0.15) is 44.9 Å². The summed E-state index contributed by atoms with van der Waals surface area (Å²) < 4.78 is 7.56. The molecule has 0 spiro atoms. The monoisotopic (exact) mass is 286 g/mol. The lowest BCUT2D eigenvalue weighted by molar-refractivity contribution is 0.305. The topological polar surface area (TPSA) is 44.1 Å². The zero-order valence-electron chi connectivity index (χ0n) is 12.6. The van der Waals surface area contributed by atoms with E-state index in [9.17, 15) is 4.79 Å². The van der Waals surface area contributed by atoms with Gasteiger partial charge in [-0.25, -0.2) is 4.98 Å². The van der Waals surface area contributed by atoms with Gasteiger partial charge in [-0.1, -0.05) is 26.2 Å². The number of aromatic nitrogens is 2. The molecule has 1 aromatic carbocycles. The second kappa shape index (κ2) is 6.29. The molecule has 2 aromatic rings. The van der Waals surface area contributed by atoms with Crippen molar-refractivity contribution in [1.82, 2.24) is 9.55 Å². The molecule has 0 saturated carbocycles. The molecule has 2 heterocycles. The van der Waals surface area contributed by atoms with Gasteiger partial charge in [-0.3, -0.25) is 9.36 Å². The van der Waals surface area contributed by atoms with E-state index < -0.39 is 0 Å². The second-order valence-corrected chi connectivity index (χ2v) is 5.68. The van der Waals surface area contributed by atoms with E-state index in [-0.39, 0.29) is 5.56 Å². The van der Waals surface area contributed by atoms with Crippen molar-refractivity contribution in [1.29, 1.82) is 0 Å². The van der Waals surface area contributed by atoms with E-state index in [4.69, 9.17) is 4.74 Å². The minimum absolute atomic E-state index is 0.0731. The van der Waals surface area contributed by atoms with Gasteiger partial charge in [-0.05, 0) is 31.0 Å². The number of benzene rings is 1. The van der Waals surface area contributed by atoms with Gasteiger partial charge in [-0.15, -0.1) is 0 Å². The third-order valence-corrected chi connectivity index (χ3v) is 4.05. The lowest BCUT2D eigenvalue weighted by Crippen LogP contribution is -2.20. The summed E-state index contributed by atoms with van der Waals surface area (Å²) >= 11 is 0. The Balaban J connectivity index is 1.78. The zero-order chi connectivity index (χ0) is 14.7. The van der Waals surface area contributed by atoms with Gasteiger partial charge in [0.2, 0.25) is 0 Å². The Bertz CT molecular complexity index is 691. The van der Waals surface area contributed by atoms with Crippen molar-refractivity contribution in [3.05, 3.63) is 34.4 Å². The van der Waals surface area contributed by atoms with Crippen LogP contribution < -0.4 is 10.3 Å². The Hall–Kier alpha value is -1.84. The fourth-order valence-corrected chi connectivity index (χ4v) is 2.87. The van der Waals surface area contributed by atoms with E-state index in [2.05, 4.69) is 11.9 Å². The van der Waals surface area contributed by atoms with Gasteiger partial charge in [0.15, 0.2) is 0 Å². The van der Waals surface area contributed by atoms with Crippen LogP contribution in [0.3, 0.4) is 0 Å². The molecular weight excluding hydrogens is 264 g/mol. The minimum Gasteiger partial charge on any atom is -0.494 e. The van der Waals surface area contributed by atoms with E-state index in [0.717, 1.165) is 42.9 Å². The summed E-state index contributed by atoms with van der Waals surface area (Å²) in [5.41, 5.74) is 0.857. The van der Waals surface area contributed by atoms with Gasteiger partial charge < -0.3 is 4.74 Å². The molecule has 0 radical (unpaired) electrons. The van der Waals surface area contributed by atoms with E-state index >= 15 is 0 Å². The summed E-state index contributed by atoms with van der Waals surface area (Å²) in [5, 5.41) is 0.673. The molecule has 0 N–H and O–H groups in total. The first kappa shape index (κ1) is 14.1. The van der Waals surface area contributed by atoms with Crippen molar-refractivity contribution in [3.63, 3.8) is 0 Å². The summed E-state index contributed by atoms with van der Waals surface area (Å²) in [7, 11) is 0. The number of fused-ring (bicyclic) bond motifs is 2. The highest BCUT2D eigenvalue weighted by Crippen LogP contribution is 2.20. The molecule has 0 bridgehead atoms. The molecule has 112 valence electrons. The quantitative estimate of drug-likeness (QED) is 0.765. The number of hydrogen-bond acceptors (Lipinski definition) is 3. The molecule has 1 aromatic heterocycles. The van der Waals surface area contributed by atoms with Crippen LogP contribution in [-0.2, 0) is 13.0 Å². The molecular formula is C17H22N2O2. The van der Waals surface area contributed by atoms with Gasteiger partial charge in [0.05, 0.1) is 17.5 Å². The normalized spacial score (nSPS) is 13.6. The van der Waals surface area contributed by atoms with Crippen LogP contribution >= 0.6 is 0 Å². The van der Waals surface area contributed by atoms with Crippen LogP contribution in [0.2, 0.25) is 0 Å². The van der Waals surface area contributed by atoms with E-state index in [1.807, 2.05) is 18.2 Å². The van der Waals surface area contributed by atoms with Crippen LogP contribution in [0.5, 0.6) is 5.75 Å². The number of nitrogens with zero attached hydrogens (tertiary/aromatic N) is 2. The number of unbranched alkanes of at least 4 members (excludes halogenated alkanes) is 3. The SMILES string of the molecule is CCCCCCOc1ccc2nc3n(c(=O)c2c1)CCC3. The summed E-state index contributed by atoms with van der Waals surface area (Å²) in [6, 6.07) is 5.66. The van der Waals surface area contributed by atoms with Crippen molar-refractivity contribution in [2.75, 3.05) is 6.61 Å². The average molecular weight is 286 g/mol. The summed E-state index contributed by atoms with van der Waals surface area (Å²) in [5.74, 6) is 1.69. The molecule has 0 amide bonds. The molecule has 4 heteroatoms. The fourth-order valence-electron chi connectivity index (χ4n) is 2.87. The second-order valence-electron chi connectivity index (χ2n) is 5.68.